The molecule has 0 saturated heterocycles. The SMILES string of the molecule is CCCN(C)c1cnn(CC(C)CNC(C)C)c(=O)c1. The minimum Gasteiger partial charge on any atom is -0.373 e. The number of rotatable bonds is 8. The molecule has 1 unspecified atom stereocenters. The second kappa shape index (κ2) is 8.04. The molecule has 1 aromatic rings. The lowest BCUT2D eigenvalue weighted by atomic mass is 10.1. The van der Waals surface area contributed by atoms with Crippen molar-refractivity contribution in [3.63, 3.8) is 0 Å². The fourth-order valence-electron chi connectivity index (χ4n) is 2.03. The van der Waals surface area contributed by atoms with Crippen LogP contribution in [0.25, 0.3) is 0 Å². The smallest absolute Gasteiger partial charge is 0.268 e. The van der Waals surface area contributed by atoms with Gasteiger partial charge in [-0.05, 0) is 18.9 Å². The van der Waals surface area contributed by atoms with Gasteiger partial charge >= 0.3 is 0 Å². The minimum absolute atomic E-state index is 0.0261. The summed E-state index contributed by atoms with van der Waals surface area (Å²) in [5.41, 5.74) is 0.864. The van der Waals surface area contributed by atoms with Crippen LogP contribution in [0.5, 0.6) is 0 Å². The van der Waals surface area contributed by atoms with Crippen LogP contribution in [0.4, 0.5) is 5.69 Å². The number of nitrogens with one attached hydrogen (secondary N) is 1. The van der Waals surface area contributed by atoms with E-state index in [4.69, 9.17) is 0 Å². The van der Waals surface area contributed by atoms with Crippen LogP contribution in [0.2, 0.25) is 0 Å². The van der Waals surface area contributed by atoms with Crippen LogP contribution in [0.3, 0.4) is 0 Å². The van der Waals surface area contributed by atoms with Crippen LogP contribution in [-0.2, 0) is 6.54 Å². The average Bonchev–Trinajstić information content (AvgIpc) is 2.39. The highest BCUT2D eigenvalue weighted by Crippen LogP contribution is 2.07. The maximum Gasteiger partial charge on any atom is 0.268 e. The zero-order valence-corrected chi connectivity index (χ0v) is 13.4. The van der Waals surface area contributed by atoms with Gasteiger partial charge in [-0.3, -0.25) is 4.79 Å². The first-order valence-corrected chi connectivity index (χ1v) is 7.45. The van der Waals surface area contributed by atoms with E-state index in [1.54, 1.807) is 16.9 Å². The summed E-state index contributed by atoms with van der Waals surface area (Å²) >= 11 is 0. The third kappa shape index (κ3) is 5.33. The third-order valence-electron chi connectivity index (χ3n) is 3.21. The monoisotopic (exact) mass is 280 g/mol. The van der Waals surface area contributed by atoms with Gasteiger partial charge in [0.2, 0.25) is 0 Å². The summed E-state index contributed by atoms with van der Waals surface area (Å²) in [6.07, 6.45) is 2.83. The van der Waals surface area contributed by atoms with Gasteiger partial charge < -0.3 is 10.2 Å². The van der Waals surface area contributed by atoms with Gasteiger partial charge in [0.1, 0.15) is 0 Å². The van der Waals surface area contributed by atoms with Gasteiger partial charge in [-0.15, -0.1) is 0 Å². The van der Waals surface area contributed by atoms with Crippen molar-refractivity contribution in [3.05, 3.63) is 22.6 Å². The Hall–Kier alpha value is -1.36. The lowest BCUT2D eigenvalue weighted by Gasteiger charge is -2.19. The van der Waals surface area contributed by atoms with Crippen LogP contribution in [0.1, 0.15) is 34.1 Å². The summed E-state index contributed by atoms with van der Waals surface area (Å²) < 4.78 is 1.55. The molecule has 0 radical (unpaired) electrons. The molecule has 0 aliphatic rings. The highest BCUT2D eigenvalue weighted by Gasteiger charge is 2.08. The van der Waals surface area contributed by atoms with E-state index < -0.39 is 0 Å². The van der Waals surface area contributed by atoms with E-state index in [1.165, 1.54) is 0 Å². The van der Waals surface area contributed by atoms with E-state index in [9.17, 15) is 4.79 Å². The summed E-state index contributed by atoms with van der Waals surface area (Å²) in [5.74, 6) is 0.377. The molecule has 0 bridgehead atoms. The molecule has 0 aliphatic carbocycles. The van der Waals surface area contributed by atoms with Crippen molar-refractivity contribution in [2.45, 2.75) is 46.7 Å². The molecule has 0 aliphatic heterocycles. The Morgan fingerprint density at radius 3 is 2.65 bits per heavy atom. The maximum atomic E-state index is 12.1. The molecule has 1 rings (SSSR count). The van der Waals surface area contributed by atoms with E-state index in [0.29, 0.717) is 18.5 Å². The first-order valence-electron chi connectivity index (χ1n) is 7.45. The van der Waals surface area contributed by atoms with Gasteiger partial charge in [-0.25, -0.2) is 4.68 Å². The lowest BCUT2D eigenvalue weighted by molar-refractivity contribution is 0.396. The molecular formula is C15H28N4O. The molecule has 114 valence electrons. The highest BCUT2D eigenvalue weighted by molar-refractivity contribution is 5.41. The molecule has 5 heteroatoms. The molecule has 0 saturated carbocycles. The van der Waals surface area contributed by atoms with Gasteiger partial charge in [-0.1, -0.05) is 27.7 Å². The number of nitrogens with zero attached hydrogens (tertiary/aromatic N) is 3. The predicted molar refractivity (Wildman–Crippen MR) is 84.4 cm³/mol. The lowest BCUT2D eigenvalue weighted by Crippen LogP contribution is -2.33. The van der Waals surface area contributed by atoms with Crippen molar-refractivity contribution in [3.8, 4) is 0 Å². The Kier molecular flexibility index (Phi) is 6.71. The second-order valence-corrected chi connectivity index (χ2v) is 5.82. The molecule has 1 atom stereocenters. The number of aromatic nitrogens is 2. The molecule has 20 heavy (non-hydrogen) atoms. The molecule has 0 spiro atoms. The third-order valence-corrected chi connectivity index (χ3v) is 3.21. The Balaban J connectivity index is 2.66. The van der Waals surface area contributed by atoms with Crippen LogP contribution < -0.4 is 15.8 Å². The van der Waals surface area contributed by atoms with Crippen LogP contribution >= 0.6 is 0 Å². The summed E-state index contributed by atoms with van der Waals surface area (Å²) in [5, 5.41) is 7.66. The van der Waals surface area contributed by atoms with Gasteiger partial charge in [0.25, 0.3) is 5.56 Å². The van der Waals surface area contributed by atoms with E-state index in [1.807, 2.05) is 7.05 Å². The van der Waals surface area contributed by atoms with Crippen molar-refractivity contribution >= 4 is 5.69 Å². The van der Waals surface area contributed by atoms with Crippen molar-refractivity contribution in [1.82, 2.24) is 15.1 Å². The molecule has 1 aromatic heterocycles. The fourth-order valence-corrected chi connectivity index (χ4v) is 2.03. The molecular weight excluding hydrogens is 252 g/mol. The van der Waals surface area contributed by atoms with E-state index >= 15 is 0 Å². The Morgan fingerprint density at radius 2 is 2.10 bits per heavy atom. The molecule has 1 heterocycles. The Labute approximate surface area is 122 Å². The van der Waals surface area contributed by atoms with E-state index in [0.717, 1.165) is 25.2 Å². The summed E-state index contributed by atoms with van der Waals surface area (Å²) in [7, 11) is 1.99. The maximum absolute atomic E-state index is 12.1. The second-order valence-electron chi connectivity index (χ2n) is 5.82. The summed E-state index contributed by atoms with van der Waals surface area (Å²) in [4.78, 5) is 14.1. The average molecular weight is 280 g/mol. The highest BCUT2D eigenvalue weighted by atomic mass is 16.1. The van der Waals surface area contributed by atoms with Crippen molar-refractivity contribution in [2.75, 3.05) is 25.0 Å². The van der Waals surface area contributed by atoms with Crippen molar-refractivity contribution in [2.24, 2.45) is 5.92 Å². The Morgan fingerprint density at radius 1 is 1.40 bits per heavy atom. The molecule has 1 N–H and O–H groups in total. The topological polar surface area (TPSA) is 50.2 Å². The summed E-state index contributed by atoms with van der Waals surface area (Å²) in [6.45, 7) is 11.0. The Bertz CT molecular complexity index is 455. The molecule has 0 fully saturated rings. The van der Waals surface area contributed by atoms with Crippen LogP contribution in [-0.4, -0.2) is 36.0 Å². The molecule has 0 aromatic carbocycles. The molecule has 5 nitrogen and oxygen atoms in total. The standard InChI is InChI=1S/C15H28N4O/c1-6-7-18(5)14-8-15(20)19(17-10-14)11-13(4)9-16-12(2)3/h8,10,12-13,16H,6-7,9,11H2,1-5H3. The van der Waals surface area contributed by atoms with Crippen molar-refractivity contribution < 1.29 is 0 Å². The minimum atomic E-state index is -0.0261. The number of hydrogen-bond acceptors (Lipinski definition) is 4. The first kappa shape index (κ1) is 16.7. The largest absolute Gasteiger partial charge is 0.373 e. The fraction of sp³-hybridized carbons (Fsp3) is 0.733. The van der Waals surface area contributed by atoms with E-state index in [-0.39, 0.29) is 5.56 Å². The summed E-state index contributed by atoms with van der Waals surface area (Å²) in [6, 6.07) is 2.14. The zero-order chi connectivity index (χ0) is 15.1. The van der Waals surface area contributed by atoms with Crippen LogP contribution in [0.15, 0.2) is 17.1 Å². The van der Waals surface area contributed by atoms with E-state index in [2.05, 4.69) is 43.0 Å². The zero-order valence-electron chi connectivity index (χ0n) is 13.4. The van der Waals surface area contributed by atoms with Crippen LogP contribution in [0, 0.1) is 5.92 Å². The normalized spacial score (nSPS) is 12.7. The predicted octanol–water partition coefficient (Wildman–Crippen LogP) is 1.72. The number of anilines is 1. The first-order chi connectivity index (χ1) is 9.43. The van der Waals surface area contributed by atoms with Gasteiger partial charge in [0, 0.05) is 32.2 Å². The van der Waals surface area contributed by atoms with Gasteiger partial charge in [0.05, 0.1) is 11.9 Å². The van der Waals surface area contributed by atoms with Crippen molar-refractivity contribution in [1.29, 1.82) is 0 Å². The molecule has 0 amide bonds. The quantitative estimate of drug-likeness (QED) is 0.788. The van der Waals surface area contributed by atoms with Gasteiger partial charge in [-0.2, -0.15) is 5.10 Å². The van der Waals surface area contributed by atoms with Gasteiger partial charge in [0.15, 0.2) is 0 Å². The number of hydrogen-bond donors (Lipinski definition) is 1.